The second-order valence-electron chi connectivity index (χ2n) is 9.21. The molecule has 3 aromatic rings. The maximum atomic E-state index is 12.4. The van der Waals surface area contributed by atoms with Crippen LogP contribution in [0.3, 0.4) is 0 Å². The highest BCUT2D eigenvalue weighted by atomic mass is 16.1. The van der Waals surface area contributed by atoms with Crippen molar-refractivity contribution in [2.24, 2.45) is 5.92 Å². The predicted octanol–water partition coefficient (Wildman–Crippen LogP) is 5.64. The van der Waals surface area contributed by atoms with Gasteiger partial charge in [0.05, 0.1) is 11.0 Å². The summed E-state index contributed by atoms with van der Waals surface area (Å²) in [6.07, 6.45) is 7.55. The van der Waals surface area contributed by atoms with E-state index in [1.807, 2.05) is 0 Å². The molecule has 0 bridgehead atoms. The first kappa shape index (κ1) is 21.6. The molecule has 1 aliphatic carbocycles. The molecule has 2 aromatic carbocycles. The maximum Gasteiger partial charge on any atom is 0.223 e. The van der Waals surface area contributed by atoms with Crippen LogP contribution in [0.25, 0.3) is 11.0 Å². The van der Waals surface area contributed by atoms with Crippen molar-refractivity contribution in [3.63, 3.8) is 0 Å². The number of amides is 1. The van der Waals surface area contributed by atoms with E-state index in [0.717, 1.165) is 50.1 Å². The molecule has 1 fully saturated rings. The van der Waals surface area contributed by atoms with Crippen LogP contribution in [0.15, 0.2) is 36.4 Å². The lowest BCUT2D eigenvalue weighted by molar-refractivity contribution is -0.125. The van der Waals surface area contributed by atoms with E-state index in [9.17, 15) is 4.79 Å². The van der Waals surface area contributed by atoms with Crippen LogP contribution < -0.4 is 5.32 Å². The van der Waals surface area contributed by atoms with E-state index >= 15 is 0 Å². The summed E-state index contributed by atoms with van der Waals surface area (Å²) in [4.78, 5) is 17.4. The van der Waals surface area contributed by atoms with Gasteiger partial charge in [-0.3, -0.25) is 4.79 Å². The number of aromatic nitrogens is 2. The monoisotopic (exact) mass is 417 g/mol. The molecule has 164 valence electrons. The fraction of sp³-hybridized carbons (Fsp3) is 0.481. The van der Waals surface area contributed by atoms with Crippen LogP contribution in [-0.4, -0.2) is 22.0 Å². The Balaban J connectivity index is 1.47. The van der Waals surface area contributed by atoms with Crippen LogP contribution in [0.1, 0.15) is 66.6 Å². The van der Waals surface area contributed by atoms with Gasteiger partial charge in [-0.2, -0.15) is 0 Å². The van der Waals surface area contributed by atoms with E-state index in [1.54, 1.807) is 0 Å². The van der Waals surface area contributed by atoms with E-state index in [1.165, 1.54) is 47.0 Å². The minimum absolute atomic E-state index is 0.228. The van der Waals surface area contributed by atoms with Gasteiger partial charge in [0.15, 0.2) is 0 Å². The van der Waals surface area contributed by atoms with Crippen LogP contribution >= 0.6 is 0 Å². The molecular formula is C27H35N3O. The summed E-state index contributed by atoms with van der Waals surface area (Å²) in [5, 5.41) is 3.17. The molecule has 0 spiro atoms. The third-order valence-corrected chi connectivity index (χ3v) is 6.74. The highest BCUT2D eigenvalue weighted by Crippen LogP contribution is 2.24. The van der Waals surface area contributed by atoms with Crippen molar-refractivity contribution in [1.29, 1.82) is 0 Å². The van der Waals surface area contributed by atoms with Gasteiger partial charge in [0.1, 0.15) is 5.82 Å². The Morgan fingerprint density at radius 2 is 1.77 bits per heavy atom. The number of hydrogen-bond donors (Lipinski definition) is 1. The van der Waals surface area contributed by atoms with Crippen LogP contribution in [-0.2, 0) is 17.8 Å². The van der Waals surface area contributed by atoms with Crippen molar-refractivity contribution in [3.05, 3.63) is 64.5 Å². The molecule has 31 heavy (non-hydrogen) atoms. The van der Waals surface area contributed by atoms with E-state index in [-0.39, 0.29) is 11.8 Å². The molecule has 1 N–H and O–H groups in total. The fourth-order valence-corrected chi connectivity index (χ4v) is 5.08. The van der Waals surface area contributed by atoms with Gasteiger partial charge in [-0.1, -0.05) is 49.1 Å². The van der Waals surface area contributed by atoms with Crippen molar-refractivity contribution in [2.75, 3.05) is 6.54 Å². The molecule has 1 aromatic heterocycles. The molecule has 0 atom stereocenters. The number of nitrogens with one attached hydrogen (secondary N) is 1. The number of benzene rings is 2. The smallest absolute Gasteiger partial charge is 0.223 e. The zero-order valence-corrected chi connectivity index (χ0v) is 19.2. The molecule has 1 heterocycles. The predicted molar refractivity (Wildman–Crippen MR) is 127 cm³/mol. The molecule has 0 radical (unpaired) electrons. The molecule has 4 nitrogen and oxygen atoms in total. The minimum Gasteiger partial charge on any atom is -0.356 e. The summed E-state index contributed by atoms with van der Waals surface area (Å²) in [5.74, 6) is 1.58. The minimum atomic E-state index is 0.228. The highest BCUT2D eigenvalue weighted by Gasteiger charge is 2.20. The van der Waals surface area contributed by atoms with Crippen molar-refractivity contribution < 1.29 is 4.79 Å². The Morgan fingerprint density at radius 3 is 2.52 bits per heavy atom. The van der Waals surface area contributed by atoms with Crippen LogP contribution in [0.4, 0.5) is 0 Å². The molecular weight excluding hydrogens is 382 g/mol. The molecule has 4 heteroatoms. The molecule has 0 aliphatic heterocycles. The number of carbonyl (C=O) groups is 1. The highest BCUT2D eigenvalue weighted by molar-refractivity contribution is 5.78. The summed E-state index contributed by atoms with van der Waals surface area (Å²) in [6.45, 7) is 8.12. The lowest BCUT2D eigenvalue weighted by atomic mass is 9.89. The molecule has 1 aliphatic rings. The Labute approximate surface area is 186 Å². The molecule has 0 unspecified atom stereocenters. The van der Waals surface area contributed by atoms with E-state index in [4.69, 9.17) is 4.98 Å². The van der Waals surface area contributed by atoms with Crippen LogP contribution in [0.2, 0.25) is 0 Å². The quantitative estimate of drug-likeness (QED) is 0.506. The number of imidazole rings is 1. The van der Waals surface area contributed by atoms with E-state index in [0.29, 0.717) is 0 Å². The first-order valence-corrected chi connectivity index (χ1v) is 11.8. The van der Waals surface area contributed by atoms with Crippen LogP contribution in [0.5, 0.6) is 0 Å². The third kappa shape index (κ3) is 5.00. The molecule has 0 saturated heterocycles. The van der Waals surface area contributed by atoms with Gasteiger partial charge < -0.3 is 9.88 Å². The number of rotatable bonds is 7. The van der Waals surface area contributed by atoms with Crippen molar-refractivity contribution in [1.82, 2.24) is 14.9 Å². The number of para-hydroxylation sites is 2. The molecule has 1 amide bonds. The van der Waals surface area contributed by atoms with Gasteiger partial charge >= 0.3 is 0 Å². The average Bonchev–Trinajstić information content (AvgIpc) is 3.11. The molecule has 1 saturated carbocycles. The lowest BCUT2D eigenvalue weighted by Gasteiger charge is -2.20. The number of aryl methyl sites for hydroxylation is 4. The second kappa shape index (κ2) is 9.67. The SMILES string of the molecule is Cc1cc(C)c(Cn2c(CCCNC(=O)C3CCCCC3)nc3ccccc32)c(C)c1. The normalized spacial score (nSPS) is 14.8. The second-order valence-corrected chi connectivity index (χ2v) is 9.21. The van der Waals surface area contributed by atoms with Crippen molar-refractivity contribution in [2.45, 2.75) is 72.3 Å². The largest absolute Gasteiger partial charge is 0.356 e. The fourth-order valence-electron chi connectivity index (χ4n) is 5.08. The van der Waals surface area contributed by atoms with Gasteiger partial charge in [-0.05, 0) is 68.9 Å². The number of hydrogen-bond acceptors (Lipinski definition) is 2. The Morgan fingerprint density at radius 1 is 1.06 bits per heavy atom. The summed E-state index contributed by atoms with van der Waals surface area (Å²) in [7, 11) is 0. The summed E-state index contributed by atoms with van der Waals surface area (Å²) >= 11 is 0. The van der Waals surface area contributed by atoms with Crippen molar-refractivity contribution in [3.8, 4) is 0 Å². The number of carbonyl (C=O) groups excluding carboxylic acids is 1. The summed E-state index contributed by atoms with van der Waals surface area (Å²) in [5.41, 5.74) is 7.58. The zero-order valence-electron chi connectivity index (χ0n) is 19.2. The van der Waals surface area contributed by atoms with E-state index in [2.05, 4.69) is 67.1 Å². The van der Waals surface area contributed by atoms with Gasteiger partial charge in [0, 0.05) is 25.4 Å². The molecule has 4 rings (SSSR count). The van der Waals surface area contributed by atoms with Crippen LogP contribution in [0, 0.1) is 26.7 Å². The first-order valence-electron chi connectivity index (χ1n) is 11.8. The lowest BCUT2D eigenvalue weighted by Crippen LogP contribution is -2.32. The summed E-state index contributed by atoms with van der Waals surface area (Å²) < 4.78 is 2.36. The number of nitrogens with zero attached hydrogens (tertiary/aromatic N) is 2. The maximum absolute atomic E-state index is 12.4. The topological polar surface area (TPSA) is 46.9 Å². The Hall–Kier alpha value is -2.62. The zero-order chi connectivity index (χ0) is 21.8. The van der Waals surface area contributed by atoms with Gasteiger partial charge in [0.25, 0.3) is 0 Å². The van der Waals surface area contributed by atoms with Gasteiger partial charge in [0.2, 0.25) is 5.91 Å². The first-order chi connectivity index (χ1) is 15.0. The van der Waals surface area contributed by atoms with E-state index < -0.39 is 0 Å². The standard InChI is InChI=1S/C27H35N3O/c1-19-16-20(2)23(21(3)17-19)18-30-25-13-8-7-12-24(25)29-26(30)14-9-15-28-27(31)22-10-5-4-6-11-22/h7-8,12-13,16-17,22H,4-6,9-11,14-15,18H2,1-3H3,(H,28,31). The average molecular weight is 418 g/mol. The Bertz CT molecular complexity index is 1040. The Kier molecular flexibility index (Phi) is 6.74. The third-order valence-electron chi connectivity index (χ3n) is 6.74. The number of fused-ring (bicyclic) bond motifs is 1. The van der Waals surface area contributed by atoms with Crippen molar-refractivity contribution >= 4 is 16.9 Å². The van der Waals surface area contributed by atoms with Gasteiger partial charge in [-0.25, -0.2) is 4.98 Å². The van der Waals surface area contributed by atoms with Gasteiger partial charge in [-0.15, -0.1) is 0 Å². The summed E-state index contributed by atoms with van der Waals surface area (Å²) in [6, 6.07) is 12.9.